The summed E-state index contributed by atoms with van der Waals surface area (Å²) in [6.07, 6.45) is 0. The highest BCUT2D eigenvalue weighted by Gasteiger charge is 2.14. The number of hydrogen-bond donors (Lipinski definition) is 3. The quantitative estimate of drug-likeness (QED) is 0.585. The van der Waals surface area contributed by atoms with Crippen LogP contribution in [0.5, 0.6) is 0 Å². The van der Waals surface area contributed by atoms with Crippen LogP contribution in [-0.4, -0.2) is 30.6 Å². The predicted octanol–water partition coefficient (Wildman–Crippen LogP) is 3.99. The zero-order valence-electron chi connectivity index (χ0n) is 18.7. The molecule has 2 aromatic carbocycles. The summed E-state index contributed by atoms with van der Waals surface area (Å²) in [6.45, 7) is 10.1. The Morgan fingerprint density at radius 1 is 0.935 bits per heavy atom. The van der Waals surface area contributed by atoms with Gasteiger partial charge in [0.25, 0.3) is 5.91 Å². The van der Waals surface area contributed by atoms with E-state index in [1.807, 2.05) is 38.1 Å². The van der Waals surface area contributed by atoms with E-state index in [1.165, 1.54) is 0 Å². The highest BCUT2D eigenvalue weighted by molar-refractivity contribution is 5.95. The Bertz CT molecular complexity index is 898. The third-order valence-electron chi connectivity index (χ3n) is 4.43. The Balaban J connectivity index is 1.80. The summed E-state index contributed by atoms with van der Waals surface area (Å²) in [5, 5.41) is 8.18. The average Bonchev–Trinajstić information content (AvgIpc) is 2.70. The van der Waals surface area contributed by atoms with E-state index in [0.717, 1.165) is 11.1 Å². The van der Waals surface area contributed by atoms with Gasteiger partial charge in [0.1, 0.15) is 0 Å². The molecule has 0 radical (unpaired) electrons. The number of amides is 3. The molecular formula is C24H31N3O4. The number of nitrogens with one attached hydrogen (secondary N) is 3. The molecule has 166 valence electrons. The van der Waals surface area contributed by atoms with Crippen molar-refractivity contribution in [1.82, 2.24) is 10.6 Å². The van der Waals surface area contributed by atoms with Crippen molar-refractivity contribution >= 4 is 23.6 Å². The smallest absolute Gasteiger partial charge is 0.338 e. The largest absolute Gasteiger partial charge is 0.452 e. The van der Waals surface area contributed by atoms with Crippen LogP contribution in [0.2, 0.25) is 0 Å². The highest BCUT2D eigenvalue weighted by atomic mass is 16.5. The van der Waals surface area contributed by atoms with Gasteiger partial charge in [0.2, 0.25) is 0 Å². The predicted molar refractivity (Wildman–Crippen MR) is 121 cm³/mol. The summed E-state index contributed by atoms with van der Waals surface area (Å²) in [5.74, 6) is -0.996. The van der Waals surface area contributed by atoms with Crippen molar-refractivity contribution in [1.29, 1.82) is 0 Å². The molecule has 0 aliphatic rings. The molecule has 2 rings (SSSR count). The number of urea groups is 1. The lowest BCUT2D eigenvalue weighted by atomic mass is 9.87. The van der Waals surface area contributed by atoms with Gasteiger partial charge in [-0.3, -0.25) is 4.79 Å². The molecule has 0 fully saturated rings. The lowest BCUT2D eigenvalue weighted by Crippen LogP contribution is -2.39. The average molecular weight is 426 g/mol. The van der Waals surface area contributed by atoms with Gasteiger partial charge in [0.15, 0.2) is 6.61 Å². The maximum Gasteiger partial charge on any atom is 0.338 e. The zero-order valence-corrected chi connectivity index (χ0v) is 18.7. The first-order chi connectivity index (χ1) is 14.5. The summed E-state index contributed by atoms with van der Waals surface area (Å²) in [4.78, 5) is 35.9. The summed E-state index contributed by atoms with van der Waals surface area (Å²) in [5.41, 5.74) is 3.01. The second kappa shape index (κ2) is 10.6. The van der Waals surface area contributed by atoms with Crippen LogP contribution in [0, 0.1) is 0 Å². The van der Waals surface area contributed by atoms with Crippen molar-refractivity contribution in [3.8, 4) is 0 Å². The zero-order chi connectivity index (χ0) is 23.0. The molecule has 3 N–H and O–H groups in total. The Kier molecular flexibility index (Phi) is 8.19. The van der Waals surface area contributed by atoms with E-state index in [0.29, 0.717) is 17.8 Å². The first-order valence-corrected chi connectivity index (χ1v) is 10.3. The summed E-state index contributed by atoms with van der Waals surface area (Å²) < 4.78 is 5.09. The summed E-state index contributed by atoms with van der Waals surface area (Å²) in [7, 11) is 0. The van der Waals surface area contributed by atoms with E-state index < -0.39 is 11.9 Å². The van der Waals surface area contributed by atoms with E-state index in [4.69, 9.17) is 4.74 Å². The fraction of sp³-hybridized carbons (Fsp3) is 0.375. The fourth-order valence-corrected chi connectivity index (χ4v) is 2.72. The van der Waals surface area contributed by atoms with Crippen LogP contribution in [0.25, 0.3) is 0 Å². The third kappa shape index (κ3) is 8.12. The SMILES string of the molecule is CC(C)NC(=O)NCc1ccc(C(=O)OCC(=O)Nc2ccc(C(C)(C)C)cc2)cc1. The normalized spacial score (nSPS) is 11.0. The van der Waals surface area contributed by atoms with E-state index >= 15 is 0 Å². The lowest BCUT2D eigenvalue weighted by Gasteiger charge is -2.19. The minimum Gasteiger partial charge on any atom is -0.452 e. The second-order valence-corrected chi connectivity index (χ2v) is 8.63. The summed E-state index contributed by atoms with van der Waals surface area (Å²) >= 11 is 0. The number of hydrogen-bond acceptors (Lipinski definition) is 4. The monoisotopic (exact) mass is 425 g/mol. The molecule has 0 heterocycles. The van der Waals surface area contributed by atoms with Crippen LogP contribution in [0.3, 0.4) is 0 Å². The standard InChI is InChI=1S/C24H31N3O4/c1-16(2)26-23(30)25-14-17-6-8-18(9-7-17)22(29)31-15-21(28)27-20-12-10-19(11-13-20)24(3,4)5/h6-13,16H,14-15H2,1-5H3,(H,27,28)(H2,25,26,30). The van der Waals surface area contributed by atoms with Crippen molar-refractivity contribution < 1.29 is 19.1 Å². The maximum absolute atomic E-state index is 12.2. The van der Waals surface area contributed by atoms with Crippen molar-refractivity contribution in [3.63, 3.8) is 0 Å². The van der Waals surface area contributed by atoms with Gasteiger partial charge >= 0.3 is 12.0 Å². The molecule has 0 saturated carbocycles. The molecule has 7 heteroatoms. The van der Waals surface area contributed by atoms with Crippen molar-refractivity contribution in [2.24, 2.45) is 0 Å². The van der Waals surface area contributed by atoms with Crippen molar-refractivity contribution in [3.05, 3.63) is 65.2 Å². The van der Waals surface area contributed by atoms with Crippen LogP contribution < -0.4 is 16.0 Å². The van der Waals surface area contributed by atoms with Crippen LogP contribution in [0.4, 0.5) is 10.5 Å². The lowest BCUT2D eigenvalue weighted by molar-refractivity contribution is -0.119. The van der Waals surface area contributed by atoms with Crippen LogP contribution in [0.15, 0.2) is 48.5 Å². The van der Waals surface area contributed by atoms with Gasteiger partial charge in [-0.1, -0.05) is 45.0 Å². The van der Waals surface area contributed by atoms with E-state index in [9.17, 15) is 14.4 Å². The van der Waals surface area contributed by atoms with Crippen LogP contribution in [0.1, 0.15) is 56.1 Å². The van der Waals surface area contributed by atoms with Gasteiger partial charge in [0, 0.05) is 18.3 Å². The van der Waals surface area contributed by atoms with Crippen LogP contribution >= 0.6 is 0 Å². The van der Waals surface area contributed by atoms with Gasteiger partial charge in [-0.15, -0.1) is 0 Å². The molecule has 0 spiro atoms. The van der Waals surface area contributed by atoms with Crippen molar-refractivity contribution in [2.45, 2.75) is 52.6 Å². The minimum atomic E-state index is -0.588. The number of anilines is 1. The summed E-state index contributed by atoms with van der Waals surface area (Å²) in [6, 6.07) is 14.0. The number of rotatable bonds is 7. The number of carbonyl (C=O) groups is 3. The molecule has 0 aliphatic heterocycles. The fourth-order valence-electron chi connectivity index (χ4n) is 2.72. The topological polar surface area (TPSA) is 96.5 Å². The molecule has 3 amide bonds. The molecule has 0 aromatic heterocycles. The van der Waals surface area contributed by atoms with E-state index in [2.05, 4.69) is 36.7 Å². The van der Waals surface area contributed by atoms with Gasteiger partial charge in [-0.05, 0) is 54.7 Å². The first kappa shape index (κ1) is 23.9. The third-order valence-corrected chi connectivity index (χ3v) is 4.43. The Labute approximate surface area is 183 Å². The van der Waals surface area contributed by atoms with E-state index in [1.54, 1.807) is 24.3 Å². The van der Waals surface area contributed by atoms with Crippen molar-refractivity contribution in [2.75, 3.05) is 11.9 Å². The molecule has 0 aliphatic carbocycles. The number of esters is 1. The Morgan fingerprint density at radius 3 is 2.10 bits per heavy atom. The molecule has 2 aromatic rings. The van der Waals surface area contributed by atoms with E-state index in [-0.39, 0.29) is 24.1 Å². The Hall–Kier alpha value is -3.35. The molecular weight excluding hydrogens is 394 g/mol. The van der Waals surface area contributed by atoms with Gasteiger partial charge in [0.05, 0.1) is 5.56 Å². The Morgan fingerprint density at radius 2 is 1.55 bits per heavy atom. The maximum atomic E-state index is 12.2. The first-order valence-electron chi connectivity index (χ1n) is 10.3. The second-order valence-electron chi connectivity index (χ2n) is 8.63. The molecule has 7 nitrogen and oxygen atoms in total. The number of carbonyl (C=O) groups excluding carboxylic acids is 3. The van der Waals surface area contributed by atoms with Gasteiger partial charge in [-0.2, -0.15) is 0 Å². The molecule has 31 heavy (non-hydrogen) atoms. The highest BCUT2D eigenvalue weighted by Crippen LogP contribution is 2.23. The molecule has 0 bridgehead atoms. The van der Waals surface area contributed by atoms with Crippen LogP contribution in [-0.2, 0) is 21.5 Å². The molecule has 0 saturated heterocycles. The van der Waals surface area contributed by atoms with Gasteiger partial charge < -0.3 is 20.7 Å². The van der Waals surface area contributed by atoms with Gasteiger partial charge in [-0.25, -0.2) is 9.59 Å². The molecule has 0 unspecified atom stereocenters. The number of ether oxygens (including phenoxy) is 1. The molecule has 0 atom stereocenters. The minimum absolute atomic E-state index is 0.0319. The number of benzene rings is 2.